The first-order chi connectivity index (χ1) is 17.9. The number of hydrogen-bond acceptors (Lipinski definition) is 6. The van der Waals surface area contributed by atoms with Crippen LogP contribution in [0.2, 0.25) is 0 Å². The number of carbonyl (C=O) groups excluding carboxylic acids is 2. The molecule has 1 aliphatic rings. The highest BCUT2D eigenvalue weighted by atomic mass is 32.1. The zero-order chi connectivity index (χ0) is 26.8. The third-order valence-electron chi connectivity index (χ3n) is 7.79. The molecule has 2 heterocycles. The van der Waals surface area contributed by atoms with Crippen LogP contribution < -0.4 is 10.6 Å². The van der Waals surface area contributed by atoms with E-state index in [1.165, 1.54) is 0 Å². The molecule has 2 N–H and O–H groups in total. The molecule has 1 aliphatic heterocycles. The Morgan fingerprint density at radius 3 is 2.62 bits per heavy atom. The second kappa shape index (κ2) is 14.6. The fourth-order valence-corrected chi connectivity index (χ4v) is 6.12. The molecule has 0 bridgehead atoms. The van der Waals surface area contributed by atoms with Gasteiger partial charge in [-0.2, -0.15) is 0 Å². The van der Waals surface area contributed by atoms with Crippen LogP contribution in [0.4, 0.5) is 0 Å². The first-order valence-electron chi connectivity index (χ1n) is 13.6. The average Bonchev–Trinajstić information content (AvgIpc) is 3.61. The molecule has 0 unspecified atom stereocenters. The van der Waals surface area contributed by atoms with E-state index >= 15 is 0 Å². The Morgan fingerprint density at radius 2 is 2.00 bits per heavy atom. The van der Waals surface area contributed by atoms with Crippen molar-refractivity contribution in [1.29, 1.82) is 0 Å². The minimum atomic E-state index is -0.208. The maximum Gasteiger partial charge on any atom is 0.225 e. The number of benzene rings is 1. The molecule has 1 fully saturated rings. The van der Waals surface area contributed by atoms with E-state index in [9.17, 15) is 9.59 Å². The summed E-state index contributed by atoms with van der Waals surface area (Å²) in [6.45, 7) is 7.06. The summed E-state index contributed by atoms with van der Waals surface area (Å²) in [7, 11) is 3.62. The molecule has 7 nitrogen and oxygen atoms in total. The summed E-state index contributed by atoms with van der Waals surface area (Å²) in [6.07, 6.45) is 6.24. The van der Waals surface area contributed by atoms with Crippen LogP contribution in [0.5, 0.6) is 0 Å². The van der Waals surface area contributed by atoms with Crippen LogP contribution in [0.15, 0.2) is 41.9 Å². The van der Waals surface area contributed by atoms with E-state index in [4.69, 9.17) is 4.74 Å². The Bertz CT molecular complexity index is 955. The fraction of sp³-hybridized carbons (Fsp3) is 0.621. The first kappa shape index (κ1) is 29.3. The number of methoxy groups -OCH3 is 1. The standard InChI is InChI=1S/C29H44N4O3S/c1-6-20(2)27(30-4)25(36-5)19-26(34)33-15-10-13-23(33)17-21(3)28(35)32-24(29-31-14-16-37-29)18-22-11-8-7-9-12-22/h7-9,11-12,14,16,20-21,23-25,27,30H,6,10,13,15,17-19H2,1-5H3,(H,32,35)/t20-,21+,23-,24-,25+,27-/m0/s1. The molecule has 1 aromatic heterocycles. The molecule has 37 heavy (non-hydrogen) atoms. The Kier molecular flexibility index (Phi) is 11.5. The highest BCUT2D eigenvalue weighted by molar-refractivity contribution is 7.09. The van der Waals surface area contributed by atoms with Gasteiger partial charge in [0.15, 0.2) is 0 Å². The monoisotopic (exact) mass is 528 g/mol. The largest absolute Gasteiger partial charge is 0.379 e. The van der Waals surface area contributed by atoms with Crippen LogP contribution in [0, 0.1) is 11.8 Å². The van der Waals surface area contributed by atoms with Gasteiger partial charge in [-0.15, -0.1) is 11.3 Å². The number of aromatic nitrogens is 1. The van der Waals surface area contributed by atoms with Crippen molar-refractivity contribution in [2.75, 3.05) is 20.7 Å². The Morgan fingerprint density at radius 1 is 1.24 bits per heavy atom. The van der Waals surface area contributed by atoms with E-state index in [2.05, 4.69) is 41.6 Å². The quantitative estimate of drug-likeness (QED) is 0.374. The molecule has 2 aromatic rings. The number of rotatable bonds is 14. The maximum absolute atomic E-state index is 13.4. The zero-order valence-electron chi connectivity index (χ0n) is 23.0. The number of ether oxygens (including phenoxy) is 1. The van der Waals surface area contributed by atoms with Crippen molar-refractivity contribution in [2.45, 2.75) is 83.5 Å². The van der Waals surface area contributed by atoms with Gasteiger partial charge in [-0.3, -0.25) is 9.59 Å². The summed E-state index contributed by atoms with van der Waals surface area (Å²) in [6, 6.07) is 10.2. The molecule has 1 aromatic carbocycles. The van der Waals surface area contributed by atoms with Gasteiger partial charge in [0.05, 0.1) is 18.6 Å². The predicted octanol–water partition coefficient (Wildman–Crippen LogP) is 4.60. The highest BCUT2D eigenvalue weighted by Gasteiger charge is 2.35. The number of likely N-dealkylation sites (tertiary alicyclic amines) is 1. The lowest BCUT2D eigenvalue weighted by atomic mass is 9.92. The molecule has 1 saturated heterocycles. The van der Waals surface area contributed by atoms with E-state index in [-0.39, 0.29) is 42.0 Å². The first-order valence-corrected chi connectivity index (χ1v) is 14.5. The van der Waals surface area contributed by atoms with Gasteiger partial charge in [0.2, 0.25) is 11.8 Å². The summed E-state index contributed by atoms with van der Waals surface area (Å²) in [5, 5.41) is 9.45. The maximum atomic E-state index is 13.4. The zero-order valence-corrected chi connectivity index (χ0v) is 23.8. The Hall–Kier alpha value is -2.29. The van der Waals surface area contributed by atoms with Crippen molar-refractivity contribution < 1.29 is 14.3 Å². The van der Waals surface area contributed by atoms with Gasteiger partial charge < -0.3 is 20.3 Å². The van der Waals surface area contributed by atoms with Crippen molar-refractivity contribution in [1.82, 2.24) is 20.5 Å². The van der Waals surface area contributed by atoms with E-state index in [0.717, 1.165) is 36.4 Å². The van der Waals surface area contributed by atoms with Gasteiger partial charge >= 0.3 is 0 Å². The molecule has 0 saturated carbocycles. The number of nitrogens with one attached hydrogen (secondary N) is 2. The minimum absolute atomic E-state index is 0.0113. The number of likely N-dealkylation sites (N-methyl/N-ethyl adjacent to an activating group) is 1. The lowest BCUT2D eigenvalue weighted by Crippen LogP contribution is -2.47. The molecular formula is C29H44N4O3S. The van der Waals surface area contributed by atoms with Crippen LogP contribution in [-0.4, -0.2) is 60.6 Å². The summed E-state index contributed by atoms with van der Waals surface area (Å²) in [5.41, 5.74) is 1.16. The topological polar surface area (TPSA) is 83.6 Å². The molecule has 2 amide bonds. The van der Waals surface area contributed by atoms with Gasteiger partial charge in [0.25, 0.3) is 0 Å². The molecular weight excluding hydrogens is 484 g/mol. The van der Waals surface area contributed by atoms with Crippen molar-refractivity contribution in [3.8, 4) is 0 Å². The van der Waals surface area contributed by atoms with Gasteiger partial charge in [0, 0.05) is 43.2 Å². The molecule has 6 atom stereocenters. The average molecular weight is 529 g/mol. The van der Waals surface area contributed by atoms with Gasteiger partial charge in [0.1, 0.15) is 5.01 Å². The van der Waals surface area contributed by atoms with Crippen LogP contribution in [-0.2, 0) is 20.7 Å². The van der Waals surface area contributed by atoms with Crippen molar-refractivity contribution in [3.63, 3.8) is 0 Å². The summed E-state index contributed by atoms with van der Waals surface area (Å²) >= 11 is 1.56. The van der Waals surface area contributed by atoms with Crippen molar-refractivity contribution in [3.05, 3.63) is 52.5 Å². The highest BCUT2D eigenvalue weighted by Crippen LogP contribution is 2.27. The van der Waals surface area contributed by atoms with Crippen LogP contribution in [0.1, 0.15) is 69.5 Å². The van der Waals surface area contributed by atoms with E-state index in [0.29, 0.717) is 25.2 Å². The third kappa shape index (κ3) is 8.09. The number of thiazole rings is 1. The SMILES string of the molecule is CC[C@H](C)[C@H](NC)[C@@H](CC(=O)N1CCC[C@H]1C[C@@H](C)C(=O)N[C@@H](Cc1ccccc1)c1nccs1)OC. The van der Waals surface area contributed by atoms with Gasteiger partial charge in [-0.05, 0) is 44.2 Å². The van der Waals surface area contributed by atoms with E-state index in [1.54, 1.807) is 24.6 Å². The smallest absolute Gasteiger partial charge is 0.225 e. The normalized spacial score (nSPS) is 19.7. The third-order valence-corrected chi connectivity index (χ3v) is 8.68. The summed E-state index contributed by atoms with van der Waals surface area (Å²) in [5.74, 6) is 0.329. The summed E-state index contributed by atoms with van der Waals surface area (Å²) in [4.78, 5) is 33.1. The second-order valence-corrected chi connectivity index (χ2v) is 11.2. The van der Waals surface area contributed by atoms with Crippen LogP contribution in [0.25, 0.3) is 0 Å². The Balaban J connectivity index is 1.61. The predicted molar refractivity (Wildman–Crippen MR) is 149 cm³/mol. The molecule has 0 radical (unpaired) electrons. The number of nitrogens with zero attached hydrogens (tertiary/aromatic N) is 2. The Labute approximate surface area is 226 Å². The lowest BCUT2D eigenvalue weighted by Gasteiger charge is -2.33. The number of carbonyl (C=O) groups is 2. The van der Waals surface area contributed by atoms with E-state index in [1.807, 2.05) is 42.5 Å². The number of hydrogen-bond donors (Lipinski definition) is 2. The number of amides is 2. The summed E-state index contributed by atoms with van der Waals surface area (Å²) < 4.78 is 5.76. The van der Waals surface area contributed by atoms with Crippen LogP contribution >= 0.6 is 11.3 Å². The lowest BCUT2D eigenvalue weighted by molar-refractivity contribution is -0.136. The second-order valence-electron chi connectivity index (χ2n) is 10.3. The van der Waals surface area contributed by atoms with Crippen molar-refractivity contribution >= 4 is 23.2 Å². The minimum Gasteiger partial charge on any atom is -0.379 e. The fourth-order valence-electron chi connectivity index (χ4n) is 5.43. The molecule has 3 rings (SSSR count). The van der Waals surface area contributed by atoms with Crippen molar-refractivity contribution in [2.24, 2.45) is 11.8 Å². The molecule has 8 heteroatoms. The molecule has 204 valence electrons. The molecule has 0 spiro atoms. The van der Waals surface area contributed by atoms with Crippen LogP contribution in [0.3, 0.4) is 0 Å². The molecule has 0 aliphatic carbocycles. The van der Waals surface area contributed by atoms with E-state index < -0.39 is 0 Å². The van der Waals surface area contributed by atoms with Gasteiger partial charge in [-0.1, -0.05) is 57.5 Å². The van der Waals surface area contributed by atoms with Gasteiger partial charge in [-0.25, -0.2) is 4.98 Å².